The Morgan fingerprint density at radius 1 is 1.00 bits per heavy atom. The van der Waals surface area contributed by atoms with Gasteiger partial charge in [0.2, 0.25) is 0 Å². The van der Waals surface area contributed by atoms with Crippen molar-refractivity contribution >= 4 is 0 Å². The van der Waals surface area contributed by atoms with Gasteiger partial charge in [0.25, 0.3) is 0 Å². The van der Waals surface area contributed by atoms with Crippen molar-refractivity contribution in [2.75, 3.05) is 6.54 Å². The molecule has 0 aliphatic rings. The van der Waals surface area contributed by atoms with Crippen molar-refractivity contribution in [2.45, 2.75) is 26.3 Å². The molecule has 0 aliphatic heterocycles. The van der Waals surface area contributed by atoms with Crippen LogP contribution < -0.4 is 5.32 Å². The molecule has 0 bridgehead atoms. The van der Waals surface area contributed by atoms with Crippen molar-refractivity contribution in [3.8, 4) is 0 Å². The van der Waals surface area contributed by atoms with Crippen molar-refractivity contribution in [2.24, 2.45) is 0 Å². The number of hydrogen-bond donors (Lipinski definition) is 1. The molecule has 3 nitrogen and oxygen atoms in total. The lowest BCUT2D eigenvalue weighted by Crippen LogP contribution is -2.14. The first-order valence-corrected chi connectivity index (χ1v) is 6.43. The van der Waals surface area contributed by atoms with Crippen molar-refractivity contribution in [1.29, 1.82) is 0 Å². The normalized spacial score (nSPS) is 10.5. The van der Waals surface area contributed by atoms with E-state index in [1.54, 1.807) is 0 Å². The van der Waals surface area contributed by atoms with Crippen molar-refractivity contribution in [3.05, 3.63) is 59.7 Å². The minimum absolute atomic E-state index is 0.795. The minimum atomic E-state index is 0.795. The summed E-state index contributed by atoms with van der Waals surface area (Å²) in [4.78, 5) is 8.80. The lowest BCUT2D eigenvalue weighted by atomic mass is 10.1. The van der Waals surface area contributed by atoms with Gasteiger partial charge >= 0.3 is 0 Å². The van der Waals surface area contributed by atoms with Crippen LogP contribution in [0.2, 0.25) is 0 Å². The van der Waals surface area contributed by atoms with E-state index >= 15 is 0 Å². The van der Waals surface area contributed by atoms with Crippen LogP contribution in [0.25, 0.3) is 0 Å². The van der Waals surface area contributed by atoms with Gasteiger partial charge < -0.3 is 5.32 Å². The standard InChI is InChI=1S/C15H19N3/c1-2-8-16-10-14-11-17-15(18-12-14)9-13-6-4-3-5-7-13/h3-7,11-12,16H,2,8-10H2,1H3. The number of nitrogens with one attached hydrogen (secondary N) is 1. The molecule has 0 saturated heterocycles. The summed E-state index contributed by atoms with van der Waals surface area (Å²) >= 11 is 0. The van der Waals surface area contributed by atoms with Gasteiger partial charge in [-0.1, -0.05) is 37.3 Å². The molecule has 0 spiro atoms. The van der Waals surface area contributed by atoms with Crippen molar-refractivity contribution in [3.63, 3.8) is 0 Å². The molecule has 1 N–H and O–H groups in total. The average Bonchev–Trinajstić information content (AvgIpc) is 2.42. The maximum Gasteiger partial charge on any atom is 0.132 e. The number of nitrogens with zero attached hydrogens (tertiary/aromatic N) is 2. The highest BCUT2D eigenvalue weighted by atomic mass is 14.9. The monoisotopic (exact) mass is 241 g/mol. The first kappa shape index (κ1) is 12.7. The SMILES string of the molecule is CCCNCc1cnc(Cc2ccccc2)nc1. The molecule has 0 amide bonds. The fraction of sp³-hybridized carbons (Fsp3) is 0.333. The molecule has 1 aromatic carbocycles. The second-order valence-electron chi connectivity index (χ2n) is 4.35. The van der Waals surface area contributed by atoms with Crippen LogP contribution in [0.1, 0.15) is 30.3 Å². The molecular weight excluding hydrogens is 222 g/mol. The van der Waals surface area contributed by atoms with Crippen molar-refractivity contribution in [1.82, 2.24) is 15.3 Å². The number of rotatable bonds is 6. The lowest BCUT2D eigenvalue weighted by Gasteiger charge is -2.04. The third-order valence-corrected chi connectivity index (χ3v) is 2.72. The second kappa shape index (κ2) is 6.87. The van der Waals surface area contributed by atoms with Crippen molar-refractivity contribution < 1.29 is 0 Å². The summed E-state index contributed by atoms with van der Waals surface area (Å²) in [5, 5.41) is 3.34. The third-order valence-electron chi connectivity index (χ3n) is 2.72. The van der Waals surface area contributed by atoms with E-state index in [1.165, 1.54) is 5.56 Å². The Kier molecular flexibility index (Phi) is 4.85. The van der Waals surface area contributed by atoms with Gasteiger partial charge in [-0.25, -0.2) is 9.97 Å². The third kappa shape index (κ3) is 3.93. The van der Waals surface area contributed by atoms with Crippen LogP contribution in [-0.4, -0.2) is 16.5 Å². The zero-order chi connectivity index (χ0) is 12.6. The van der Waals surface area contributed by atoms with E-state index < -0.39 is 0 Å². The predicted octanol–water partition coefficient (Wildman–Crippen LogP) is 2.57. The smallest absolute Gasteiger partial charge is 0.132 e. The number of benzene rings is 1. The molecule has 0 saturated carbocycles. The van der Waals surface area contributed by atoms with Crippen LogP contribution in [0.4, 0.5) is 0 Å². The van der Waals surface area contributed by atoms with Crippen LogP contribution >= 0.6 is 0 Å². The van der Waals surface area contributed by atoms with E-state index in [0.717, 1.165) is 37.3 Å². The highest BCUT2D eigenvalue weighted by Crippen LogP contribution is 2.05. The second-order valence-corrected chi connectivity index (χ2v) is 4.35. The van der Waals surface area contributed by atoms with Gasteiger partial charge in [0.15, 0.2) is 0 Å². The quantitative estimate of drug-likeness (QED) is 0.790. The maximum absolute atomic E-state index is 4.40. The molecule has 2 aromatic rings. The molecule has 1 heterocycles. The Bertz CT molecular complexity index is 451. The molecule has 0 aliphatic carbocycles. The zero-order valence-corrected chi connectivity index (χ0v) is 10.8. The summed E-state index contributed by atoms with van der Waals surface area (Å²) in [5.41, 5.74) is 2.38. The highest BCUT2D eigenvalue weighted by Gasteiger charge is 1.99. The van der Waals surface area contributed by atoms with Crippen LogP contribution in [0, 0.1) is 0 Å². The average molecular weight is 241 g/mol. The summed E-state index contributed by atoms with van der Waals surface area (Å²) in [7, 11) is 0. The van der Waals surface area contributed by atoms with Gasteiger partial charge in [-0.05, 0) is 18.5 Å². The van der Waals surface area contributed by atoms with E-state index in [-0.39, 0.29) is 0 Å². The summed E-state index contributed by atoms with van der Waals surface area (Å²) in [6.45, 7) is 4.04. The Balaban J connectivity index is 1.91. The number of aromatic nitrogens is 2. The Morgan fingerprint density at radius 2 is 1.72 bits per heavy atom. The van der Waals surface area contributed by atoms with E-state index in [9.17, 15) is 0 Å². The predicted molar refractivity (Wildman–Crippen MR) is 73.3 cm³/mol. The summed E-state index contributed by atoms with van der Waals surface area (Å²) in [6, 6.07) is 10.3. The van der Waals surface area contributed by atoms with Gasteiger partial charge in [0.05, 0.1) is 0 Å². The summed E-state index contributed by atoms with van der Waals surface area (Å²) in [5.74, 6) is 0.875. The fourth-order valence-corrected chi connectivity index (χ4v) is 1.75. The first-order valence-electron chi connectivity index (χ1n) is 6.43. The van der Waals surface area contributed by atoms with Gasteiger partial charge in [-0.15, -0.1) is 0 Å². The number of hydrogen-bond acceptors (Lipinski definition) is 3. The highest BCUT2D eigenvalue weighted by molar-refractivity contribution is 5.19. The van der Waals surface area contributed by atoms with Crippen LogP contribution in [-0.2, 0) is 13.0 Å². The summed E-state index contributed by atoms with van der Waals surface area (Å²) in [6.07, 6.45) is 5.76. The topological polar surface area (TPSA) is 37.8 Å². The molecule has 0 unspecified atom stereocenters. The van der Waals surface area contributed by atoms with Crippen LogP contribution in [0.5, 0.6) is 0 Å². The van der Waals surface area contributed by atoms with E-state index in [1.807, 2.05) is 30.6 Å². The van der Waals surface area contributed by atoms with E-state index in [4.69, 9.17) is 0 Å². The van der Waals surface area contributed by atoms with E-state index in [2.05, 4.69) is 34.3 Å². The first-order chi connectivity index (χ1) is 8.88. The molecule has 2 rings (SSSR count). The molecule has 94 valence electrons. The van der Waals surface area contributed by atoms with Gasteiger partial charge in [-0.2, -0.15) is 0 Å². The zero-order valence-electron chi connectivity index (χ0n) is 10.8. The Labute approximate surface area is 108 Å². The summed E-state index contributed by atoms with van der Waals surface area (Å²) < 4.78 is 0. The lowest BCUT2D eigenvalue weighted by molar-refractivity contribution is 0.670. The largest absolute Gasteiger partial charge is 0.313 e. The fourth-order valence-electron chi connectivity index (χ4n) is 1.75. The van der Waals surface area contributed by atoms with Crippen LogP contribution in [0.15, 0.2) is 42.7 Å². The van der Waals surface area contributed by atoms with Gasteiger partial charge in [0.1, 0.15) is 5.82 Å². The van der Waals surface area contributed by atoms with Gasteiger partial charge in [0, 0.05) is 30.9 Å². The Hall–Kier alpha value is -1.74. The van der Waals surface area contributed by atoms with E-state index in [0.29, 0.717) is 0 Å². The molecular formula is C15H19N3. The molecule has 0 radical (unpaired) electrons. The maximum atomic E-state index is 4.40. The molecule has 0 fully saturated rings. The Morgan fingerprint density at radius 3 is 2.39 bits per heavy atom. The van der Waals surface area contributed by atoms with Crippen LogP contribution in [0.3, 0.4) is 0 Å². The molecule has 1 aromatic heterocycles. The molecule has 18 heavy (non-hydrogen) atoms. The minimum Gasteiger partial charge on any atom is -0.313 e. The van der Waals surface area contributed by atoms with Gasteiger partial charge in [-0.3, -0.25) is 0 Å². The molecule has 0 atom stereocenters. The molecule has 3 heteroatoms.